The van der Waals surface area contributed by atoms with Crippen LogP contribution in [0.4, 0.5) is 5.00 Å². The Labute approximate surface area is 101 Å². The number of ether oxygens (including phenoxy) is 1. The van der Waals surface area contributed by atoms with Crippen LogP contribution in [0.3, 0.4) is 0 Å². The van der Waals surface area contributed by atoms with Gasteiger partial charge in [-0.3, -0.25) is 4.79 Å². The van der Waals surface area contributed by atoms with Gasteiger partial charge in [-0.25, -0.2) is 0 Å². The third kappa shape index (κ3) is 3.23. The number of carbonyl (C=O) groups excluding carboxylic acids is 1. The largest absolute Gasteiger partial charge is 0.469 e. The number of aryl methyl sites for hydroxylation is 1. The Morgan fingerprint density at radius 3 is 2.69 bits per heavy atom. The van der Waals surface area contributed by atoms with Crippen LogP contribution in [0.25, 0.3) is 0 Å². The number of carbonyl (C=O) groups is 1. The molecule has 0 fully saturated rings. The van der Waals surface area contributed by atoms with Crippen LogP contribution < -0.4 is 5.32 Å². The molecule has 0 amide bonds. The Morgan fingerprint density at radius 1 is 1.56 bits per heavy atom. The molecule has 3 nitrogen and oxygen atoms in total. The molecule has 1 aromatic heterocycles. The van der Waals surface area contributed by atoms with Gasteiger partial charge in [-0.05, 0) is 29.9 Å². The Morgan fingerprint density at radius 2 is 2.25 bits per heavy atom. The summed E-state index contributed by atoms with van der Waals surface area (Å²) in [7, 11) is 1.44. The van der Waals surface area contributed by atoms with Gasteiger partial charge in [0.15, 0.2) is 0 Å². The van der Waals surface area contributed by atoms with Crippen molar-refractivity contribution in [2.75, 3.05) is 19.0 Å². The maximum absolute atomic E-state index is 11.5. The Bertz CT molecular complexity index is 347. The summed E-state index contributed by atoms with van der Waals surface area (Å²) in [6.45, 7) is 6.75. The van der Waals surface area contributed by atoms with Gasteiger partial charge >= 0.3 is 5.97 Å². The first-order chi connectivity index (χ1) is 7.56. The van der Waals surface area contributed by atoms with E-state index in [0.29, 0.717) is 6.54 Å². The molecule has 90 valence electrons. The minimum absolute atomic E-state index is 0.0912. The van der Waals surface area contributed by atoms with Gasteiger partial charge in [0.25, 0.3) is 0 Å². The van der Waals surface area contributed by atoms with Crippen LogP contribution in [0.5, 0.6) is 0 Å². The lowest BCUT2D eigenvalue weighted by molar-refractivity contribution is -0.146. The fraction of sp³-hybridized carbons (Fsp3) is 0.583. The van der Waals surface area contributed by atoms with Crippen molar-refractivity contribution in [3.63, 3.8) is 0 Å². The molecule has 1 rings (SSSR count). The van der Waals surface area contributed by atoms with Gasteiger partial charge in [-0.1, -0.05) is 13.8 Å². The van der Waals surface area contributed by atoms with Crippen LogP contribution in [-0.4, -0.2) is 19.6 Å². The first-order valence-corrected chi connectivity index (χ1v) is 6.30. The summed E-state index contributed by atoms with van der Waals surface area (Å²) in [5.74, 6) is 0.0448. The molecular formula is C12H19NO2S. The first-order valence-electron chi connectivity index (χ1n) is 5.42. The van der Waals surface area contributed by atoms with E-state index in [4.69, 9.17) is 4.74 Å². The van der Waals surface area contributed by atoms with Gasteiger partial charge in [0.2, 0.25) is 0 Å². The average molecular weight is 241 g/mol. The number of nitrogens with one attached hydrogen (secondary N) is 1. The Balaban J connectivity index is 2.57. The molecule has 0 spiro atoms. The average Bonchev–Trinajstić information content (AvgIpc) is 2.64. The van der Waals surface area contributed by atoms with Crippen molar-refractivity contribution in [3.05, 3.63) is 17.0 Å². The SMILES string of the molecule is COC(=O)C(CNc1sccc1C)C(C)C. The number of anilines is 1. The van der Waals surface area contributed by atoms with Crippen molar-refractivity contribution < 1.29 is 9.53 Å². The van der Waals surface area contributed by atoms with Crippen molar-refractivity contribution >= 4 is 22.3 Å². The number of hydrogen-bond donors (Lipinski definition) is 1. The van der Waals surface area contributed by atoms with E-state index in [1.807, 2.05) is 19.2 Å². The summed E-state index contributed by atoms with van der Waals surface area (Å²) in [5, 5.41) is 6.48. The molecule has 1 unspecified atom stereocenters. The van der Waals surface area contributed by atoms with Gasteiger partial charge < -0.3 is 10.1 Å². The molecule has 0 aliphatic carbocycles. The summed E-state index contributed by atoms with van der Waals surface area (Å²) in [4.78, 5) is 11.5. The normalized spacial score (nSPS) is 12.6. The monoisotopic (exact) mass is 241 g/mol. The molecule has 1 atom stereocenters. The molecule has 1 N–H and O–H groups in total. The summed E-state index contributed by atoms with van der Waals surface area (Å²) >= 11 is 1.66. The highest BCUT2D eigenvalue weighted by molar-refractivity contribution is 7.14. The second-order valence-corrected chi connectivity index (χ2v) is 5.10. The van der Waals surface area contributed by atoms with Gasteiger partial charge in [0.1, 0.15) is 0 Å². The lowest BCUT2D eigenvalue weighted by atomic mass is 9.96. The first kappa shape index (κ1) is 13.0. The van der Waals surface area contributed by atoms with E-state index in [1.54, 1.807) is 11.3 Å². The molecule has 0 aliphatic heterocycles. The van der Waals surface area contributed by atoms with Crippen LogP contribution in [0.15, 0.2) is 11.4 Å². The second kappa shape index (κ2) is 5.89. The van der Waals surface area contributed by atoms with Crippen LogP contribution in [-0.2, 0) is 9.53 Å². The molecule has 1 heterocycles. The van der Waals surface area contributed by atoms with Crippen molar-refractivity contribution in [3.8, 4) is 0 Å². The van der Waals surface area contributed by atoms with E-state index in [1.165, 1.54) is 12.7 Å². The van der Waals surface area contributed by atoms with Crippen LogP contribution in [0.1, 0.15) is 19.4 Å². The maximum atomic E-state index is 11.5. The fourth-order valence-corrected chi connectivity index (χ4v) is 2.33. The molecule has 0 aromatic carbocycles. The highest BCUT2D eigenvalue weighted by Gasteiger charge is 2.22. The van der Waals surface area contributed by atoms with E-state index < -0.39 is 0 Å². The highest BCUT2D eigenvalue weighted by Crippen LogP contribution is 2.23. The summed E-state index contributed by atoms with van der Waals surface area (Å²) in [5.41, 5.74) is 1.22. The number of esters is 1. The molecule has 0 bridgehead atoms. The van der Waals surface area contributed by atoms with Crippen molar-refractivity contribution in [1.82, 2.24) is 0 Å². The number of hydrogen-bond acceptors (Lipinski definition) is 4. The molecule has 0 saturated heterocycles. The summed E-state index contributed by atoms with van der Waals surface area (Å²) in [6.07, 6.45) is 0. The van der Waals surface area contributed by atoms with Crippen molar-refractivity contribution in [1.29, 1.82) is 0 Å². The number of methoxy groups -OCH3 is 1. The zero-order valence-corrected chi connectivity index (χ0v) is 11.1. The Kier molecular flexibility index (Phi) is 4.80. The highest BCUT2D eigenvalue weighted by atomic mass is 32.1. The molecule has 4 heteroatoms. The van der Waals surface area contributed by atoms with E-state index in [2.05, 4.69) is 18.3 Å². The minimum atomic E-state index is -0.142. The third-order valence-corrected chi connectivity index (χ3v) is 3.63. The van der Waals surface area contributed by atoms with E-state index in [9.17, 15) is 4.79 Å². The molecular weight excluding hydrogens is 222 g/mol. The topological polar surface area (TPSA) is 38.3 Å². The van der Waals surface area contributed by atoms with E-state index in [-0.39, 0.29) is 17.8 Å². The molecule has 0 saturated carbocycles. The zero-order valence-electron chi connectivity index (χ0n) is 10.2. The molecule has 0 radical (unpaired) electrons. The van der Waals surface area contributed by atoms with E-state index in [0.717, 1.165) is 5.00 Å². The maximum Gasteiger partial charge on any atom is 0.310 e. The predicted molar refractivity (Wildman–Crippen MR) is 67.9 cm³/mol. The molecule has 16 heavy (non-hydrogen) atoms. The van der Waals surface area contributed by atoms with Crippen LogP contribution in [0, 0.1) is 18.8 Å². The number of thiophene rings is 1. The predicted octanol–water partition coefficient (Wildman–Crippen LogP) is 2.91. The van der Waals surface area contributed by atoms with Gasteiger partial charge in [-0.15, -0.1) is 11.3 Å². The summed E-state index contributed by atoms with van der Waals surface area (Å²) < 4.78 is 4.80. The van der Waals surface area contributed by atoms with Crippen molar-refractivity contribution in [2.45, 2.75) is 20.8 Å². The zero-order chi connectivity index (χ0) is 12.1. The smallest absolute Gasteiger partial charge is 0.310 e. The number of rotatable bonds is 5. The standard InChI is InChI=1S/C12H19NO2S/c1-8(2)10(12(14)15-4)7-13-11-9(3)5-6-16-11/h5-6,8,10,13H,7H2,1-4H3. The van der Waals surface area contributed by atoms with Crippen LogP contribution >= 0.6 is 11.3 Å². The lowest BCUT2D eigenvalue weighted by Gasteiger charge is -2.19. The fourth-order valence-electron chi connectivity index (χ4n) is 1.50. The van der Waals surface area contributed by atoms with Crippen LogP contribution in [0.2, 0.25) is 0 Å². The Hall–Kier alpha value is -1.03. The van der Waals surface area contributed by atoms with Crippen molar-refractivity contribution in [2.24, 2.45) is 11.8 Å². The summed E-state index contributed by atoms with van der Waals surface area (Å²) in [6, 6.07) is 2.07. The second-order valence-electron chi connectivity index (χ2n) is 4.19. The quantitative estimate of drug-likeness (QED) is 0.806. The third-order valence-electron chi connectivity index (χ3n) is 2.65. The minimum Gasteiger partial charge on any atom is -0.469 e. The van der Waals surface area contributed by atoms with Gasteiger partial charge in [0.05, 0.1) is 18.0 Å². The molecule has 1 aromatic rings. The lowest BCUT2D eigenvalue weighted by Crippen LogP contribution is -2.28. The van der Waals surface area contributed by atoms with E-state index >= 15 is 0 Å². The molecule has 0 aliphatic rings. The van der Waals surface area contributed by atoms with Gasteiger partial charge in [0, 0.05) is 6.54 Å². The van der Waals surface area contributed by atoms with Gasteiger partial charge in [-0.2, -0.15) is 0 Å².